The number of Topliss-reactive ketones (excluding diaryl/α,β-unsaturated/α-hetero) is 1. The Kier molecular flexibility index (Phi) is 6.51. The van der Waals surface area contributed by atoms with Crippen molar-refractivity contribution in [3.63, 3.8) is 0 Å². The van der Waals surface area contributed by atoms with Crippen LogP contribution >= 0.6 is 15.9 Å². The van der Waals surface area contributed by atoms with E-state index in [4.69, 9.17) is 4.74 Å². The van der Waals surface area contributed by atoms with E-state index < -0.39 is 41.0 Å². The first kappa shape index (κ1) is 27.0. The van der Waals surface area contributed by atoms with Gasteiger partial charge >= 0.3 is 0 Å². The van der Waals surface area contributed by atoms with Crippen LogP contribution in [-0.4, -0.2) is 54.8 Å². The number of fused-ring (bicyclic) bond motifs is 3. The molecule has 0 bridgehead atoms. The first-order chi connectivity index (χ1) is 20.3. The summed E-state index contributed by atoms with van der Waals surface area (Å²) in [6, 6.07) is 11.4. The smallest absolute Gasteiger partial charge is 0.238 e. The minimum absolute atomic E-state index is 0.0885. The lowest BCUT2D eigenvalue weighted by atomic mass is 9.59. The van der Waals surface area contributed by atoms with Crippen LogP contribution in [0.4, 0.5) is 15.8 Å². The van der Waals surface area contributed by atoms with Crippen molar-refractivity contribution in [2.75, 3.05) is 36.1 Å². The fourth-order valence-electron chi connectivity index (χ4n) is 7.22. The highest BCUT2D eigenvalue weighted by atomic mass is 79.9. The zero-order valence-electron chi connectivity index (χ0n) is 22.4. The molecule has 2 heterocycles. The number of aromatic hydroxyl groups is 1. The molecule has 1 N–H and O–H groups in total. The number of amides is 2. The maximum absolute atomic E-state index is 14.6. The molecule has 10 heteroatoms. The summed E-state index contributed by atoms with van der Waals surface area (Å²) in [4.78, 5) is 57.9. The third-order valence-corrected chi connectivity index (χ3v) is 9.73. The van der Waals surface area contributed by atoms with E-state index in [-0.39, 0.29) is 51.6 Å². The monoisotopic (exact) mass is 632 g/mol. The number of morpholine rings is 1. The van der Waals surface area contributed by atoms with Gasteiger partial charge in [0, 0.05) is 47.5 Å². The summed E-state index contributed by atoms with van der Waals surface area (Å²) < 4.78 is 20.1. The van der Waals surface area contributed by atoms with Gasteiger partial charge in [-0.05, 0) is 65.0 Å². The van der Waals surface area contributed by atoms with Gasteiger partial charge in [0.05, 0.1) is 35.2 Å². The summed E-state index contributed by atoms with van der Waals surface area (Å²) in [7, 11) is 0. The van der Waals surface area contributed by atoms with Gasteiger partial charge in [-0.2, -0.15) is 0 Å². The summed E-state index contributed by atoms with van der Waals surface area (Å²) >= 11 is 3.19. The van der Waals surface area contributed by atoms with Crippen molar-refractivity contribution in [3.8, 4) is 5.75 Å². The molecular weight excluding hydrogens is 607 g/mol. The number of anilines is 2. The second kappa shape index (κ2) is 10.1. The van der Waals surface area contributed by atoms with E-state index in [0.717, 1.165) is 24.8 Å². The second-order valence-electron chi connectivity index (χ2n) is 11.2. The van der Waals surface area contributed by atoms with Gasteiger partial charge in [-0.3, -0.25) is 24.1 Å². The van der Waals surface area contributed by atoms with Crippen molar-refractivity contribution >= 4 is 50.7 Å². The lowest BCUT2D eigenvalue weighted by Gasteiger charge is -2.42. The Hall–Kier alpha value is -3.89. The Balaban J connectivity index is 1.28. The normalized spacial score (nSPS) is 27.5. The van der Waals surface area contributed by atoms with Crippen LogP contribution in [0.15, 0.2) is 75.8 Å². The van der Waals surface area contributed by atoms with Gasteiger partial charge in [0.2, 0.25) is 11.8 Å². The van der Waals surface area contributed by atoms with Gasteiger partial charge in [-0.1, -0.05) is 23.8 Å². The number of phenols is 1. The maximum atomic E-state index is 14.6. The third-order valence-electron chi connectivity index (χ3n) is 9.14. The van der Waals surface area contributed by atoms with Crippen LogP contribution in [0.1, 0.15) is 24.3 Å². The largest absolute Gasteiger partial charge is 0.505 e. The summed E-state index contributed by atoms with van der Waals surface area (Å²) in [6.45, 7) is 2.79. The molecule has 0 unspecified atom stereocenters. The number of allylic oxidation sites excluding steroid dienone is 6. The zero-order valence-corrected chi connectivity index (χ0v) is 24.0. The Bertz CT molecular complexity index is 1660. The van der Waals surface area contributed by atoms with Gasteiger partial charge in [-0.15, -0.1) is 0 Å². The van der Waals surface area contributed by atoms with E-state index in [1.54, 1.807) is 12.1 Å². The molecule has 0 saturated carbocycles. The molecule has 214 valence electrons. The highest BCUT2D eigenvalue weighted by Crippen LogP contribution is 2.56. The van der Waals surface area contributed by atoms with Crippen LogP contribution in [0, 0.1) is 23.6 Å². The van der Waals surface area contributed by atoms with Gasteiger partial charge in [-0.25, -0.2) is 4.39 Å². The van der Waals surface area contributed by atoms with Gasteiger partial charge in [0.1, 0.15) is 0 Å². The molecule has 4 atom stereocenters. The predicted octanol–water partition coefficient (Wildman–Crippen LogP) is 4.33. The minimum Gasteiger partial charge on any atom is -0.505 e. The second-order valence-corrected chi connectivity index (χ2v) is 12.1. The Morgan fingerprint density at radius 1 is 0.929 bits per heavy atom. The fourth-order valence-corrected chi connectivity index (χ4v) is 7.66. The Morgan fingerprint density at radius 3 is 2.38 bits per heavy atom. The molecule has 42 heavy (non-hydrogen) atoms. The van der Waals surface area contributed by atoms with Crippen molar-refractivity contribution in [1.29, 1.82) is 0 Å². The van der Waals surface area contributed by atoms with Gasteiger partial charge in [0.15, 0.2) is 23.1 Å². The number of benzene rings is 2. The maximum Gasteiger partial charge on any atom is 0.238 e. The van der Waals surface area contributed by atoms with E-state index in [9.17, 15) is 28.7 Å². The van der Waals surface area contributed by atoms with Crippen LogP contribution < -0.4 is 9.80 Å². The Labute approximate surface area is 249 Å². The highest BCUT2D eigenvalue weighted by molar-refractivity contribution is 9.12. The molecule has 5 aliphatic rings. The van der Waals surface area contributed by atoms with E-state index >= 15 is 0 Å². The number of phenolic OH excluding ortho intramolecular Hbond substituents is 1. The molecule has 2 saturated heterocycles. The number of halogens is 2. The molecular formula is C32H26BrFN2O6. The molecule has 2 aromatic rings. The summed E-state index contributed by atoms with van der Waals surface area (Å²) in [5.74, 6) is -5.85. The lowest BCUT2D eigenvalue weighted by molar-refractivity contribution is -0.123. The molecule has 0 aromatic heterocycles. The Morgan fingerprint density at radius 2 is 1.64 bits per heavy atom. The van der Waals surface area contributed by atoms with Crippen LogP contribution in [0.5, 0.6) is 5.75 Å². The van der Waals surface area contributed by atoms with Gasteiger partial charge < -0.3 is 14.7 Å². The molecule has 3 aliphatic carbocycles. The number of nitrogens with zero attached hydrogens (tertiary/aromatic N) is 2. The SMILES string of the molecule is O=C1C=C(Br)C(=O)C2=C1[C@@H](c1cccc(F)c1O)C1=CC[C@@H]3C(=O)N(c4ccc(N5CCOCC5)cc4)C(=O)[C@@H]3[C@@H]1C2. The number of hydrogen-bond donors (Lipinski definition) is 1. The summed E-state index contributed by atoms with van der Waals surface area (Å²) in [6.07, 6.45) is 3.38. The van der Waals surface area contributed by atoms with Crippen molar-refractivity contribution < 1.29 is 33.4 Å². The average Bonchev–Trinajstić information content (AvgIpc) is 3.26. The third kappa shape index (κ3) is 4.03. The number of imide groups is 1. The number of hydrogen-bond acceptors (Lipinski definition) is 7. The predicted molar refractivity (Wildman–Crippen MR) is 155 cm³/mol. The standard InChI is InChI=1S/C32H26BrFN2O6/c33-23-15-25(37)28-22(29(23)38)14-21-18(26(28)19-2-1-3-24(34)30(19)39)8-9-20-27(21)32(41)36(31(20)40)17-6-4-16(5-7-17)35-10-12-42-13-11-35/h1-8,15,20-21,26-27,39H,9-14H2/t20-,21+,26+,27-/m0/s1. The minimum atomic E-state index is -0.923. The number of carbonyl (C=O) groups excluding carboxylic acids is 4. The number of carbonyl (C=O) groups is 4. The zero-order chi connectivity index (χ0) is 29.3. The number of para-hydroxylation sites is 1. The van der Waals surface area contributed by atoms with Crippen molar-refractivity contribution in [2.45, 2.75) is 18.8 Å². The molecule has 2 amide bonds. The first-order valence-corrected chi connectivity index (χ1v) is 14.7. The summed E-state index contributed by atoms with van der Waals surface area (Å²) in [5.41, 5.74) is 2.65. The van der Waals surface area contributed by atoms with Gasteiger partial charge in [0.25, 0.3) is 0 Å². The first-order valence-electron chi connectivity index (χ1n) is 13.9. The molecule has 8 nitrogen and oxygen atoms in total. The van der Waals surface area contributed by atoms with Crippen molar-refractivity contribution in [2.24, 2.45) is 17.8 Å². The molecule has 0 spiro atoms. The topological polar surface area (TPSA) is 104 Å². The molecule has 0 radical (unpaired) electrons. The summed E-state index contributed by atoms with van der Waals surface area (Å²) in [5, 5.41) is 10.7. The van der Waals surface area contributed by atoms with Crippen LogP contribution in [0.2, 0.25) is 0 Å². The van der Waals surface area contributed by atoms with E-state index in [1.165, 1.54) is 23.1 Å². The molecule has 2 fully saturated rings. The lowest BCUT2D eigenvalue weighted by Crippen LogP contribution is -2.39. The van der Waals surface area contributed by atoms with E-state index in [0.29, 0.717) is 24.5 Å². The molecule has 2 aliphatic heterocycles. The quantitative estimate of drug-likeness (QED) is 0.305. The number of rotatable bonds is 3. The molecule has 7 rings (SSSR count). The van der Waals surface area contributed by atoms with Crippen LogP contribution in [0.25, 0.3) is 0 Å². The fraction of sp³-hybridized carbons (Fsp3) is 0.312. The number of ketones is 2. The molecule has 2 aromatic carbocycles. The number of ether oxygens (including phenoxy) is 1. The van der Waals surface area contributed by atoms with Crippen LogP contribution in [0.3, 0.4) is 0 Å². The van der Waals surface area contributed by atoms with Crippen LogP contribution in [-0.2, 0) is 23.9 Å². The highest BCUT2D eigenvalue weighted by Gasteiger charge is 2.57. The average molecular weight is 633 g/mol. The van der Waals surface area contributed by atoms with E-state index in [1.807, 2.05) is 18.2 Å². The van der Waals surface area contributed by atoms with Crippen molar-refractivity contribution in [3.05, 3.63) is 87.2 Å². The van der Waals surface area contributed by atoms with E-state index in [2.05, 4.69) is 20.8 Å². The van der Waals surface area contributed by atoms with Crippen molar-refractivity contribution in [1.82, 2.24) is 0 Å².